The highest BCUT2D eigenvalue weighted by molar-refractivity contribution is 5.88. The smallest absolute Gasteiger partial charge is 0.436 e. The van der Waals surface area contributed by atoms with E-state index in [2.05, 4.69) is 10.1 Å². The van der Waals surface area contributed by atoms with Gasteiger partial charge in [-0.25, -0.2) is 4.79 Å². The Kier molecular flexibility index (Phi) is 7.20. The Morgan fingerprint density at radius 3 is 2.52 bits per heavy atom. The van der Waals surface area contributed by atoms with Gasteiger partial charge >= 0.3 is 12.1 Å². The maximum absolute atomic E-state index is 13.8. The van der Waals surface area contributed by atoms with Crippen molar-refractivity contribution in [3.8, 4) is 0 Å². The van der Waals surface area contributed by atoms with Crippen molar-refractivity contribution in [3.63, 3.8) is 0 Å². The van der Waals surface area contributed by atoms with Crippen LogP contribution in [0.2, 0.25) is 0 Å². The van der Waals surface area contributed by atoms with Crippen molar-refractivity contribution in [2.24, 2.45) is 0 Å². The van der Waals surface area contributed by atoms with Crippen LogP contribution in [0.1, 0.15) is 24.8 Å². The predicted octanol–water partition coefficient (Wildman–Crippen LogP) is 1.94. The van der Waals surface area contributed by atoms with Gasteiger partial charge in [-0.1, -0.05) is 30.3 Å². The lowest BCUT2D eigenvalue weighted by molar-refractivity contribution is -0.221. The average molecular weight is 388 g/mol. The molecule has 1 aliphatic rings. The van der Waals surface area contributed by atoms with Crippen molar-refractivity contribution in [1.82, 2.24) is 10.6 Å². The zero-order chi connectivity index (χ0) is 19.9. The summed E-state index contributed by atoms with van der Waals surface area (Å²) in [6, 6.07) is 8.86. The molecule has 2 atom stereocenters. The van der Waals surface area contributed by atoms with Crippen molar-refractivity contribution < 1.29 is 32.2 Å². The molecule has 27 heavy (non-hydrogen) atoms. The number of methoxy groups -OCH3 is 1. The first-order valence-corrected chi connectivity index (χ1v) is 8.65. The molecule has 2 rings (SSSR count). The maximum Gasteiger partial charge on any atom is 0.436 e. The second-order valence-corrected chi connectivity index (χ2v) is 6.29. The molecule has 6 nitrogen and oxygen atoms in total. The minimum atomic E-state index is -5.10. The zero-order valence-electron chi connectivity index (χ0n) is 15.0. The van der Waals surface area contributed by atoms with Gasteiger partial charge in [-0.15, -0.1) is 0 Å². The first-order chi connectivity index (χ1) is 12.8. The topological polar surface area (TPSA) is 76.7 Å². The van der Waals surface area contributed by atoms with Gasteiger partial charge in [-0.3, -0.25) is 10.1 Å². The van der Waals surface area contributed by atoms with E-state index in [0.717, 1.165) is 19.1 Å². The summed E-state index contributed by atoms with van der Waals surface area (Å²) in [4.78, 5) is 24.2. The molecular weight excluding hydrogens is 365 g/mol. The molecule has 1 aliphatic heterocycles. The number of benzene rings is 1. The Hall–Kier alpha value is -2.13. The Morgan fingerprint density at radius 1 is 1.26 bits per heavy atom. The van der Waals surface area contributed by atoms with Crippen LogP contribution in [0.3, 0.4) is 0 Å². The number of alkyl halides is 3. The molecule has 1 amide bonds. The Morgan fingerprint density at radius 2 is 1.96 bits per heavy atom. The highest BCUT2D eigenvalue weighted by Gasteiger charge is 2.63. The summed E-state index contributed by atoms with van der Waals surface area (Å²) < 4.78 is 51.0. The number of hydrogen-bond donors (Lipinski definition) is 2. The van der Waals surface area contributed by atoms with Gasteiger partial charge in [0.25, 0.3) is 5.66 Å². The van der Waals surface area contributed by atoms with E-state index in [9.17, 15) is 22.8 Å². The molecule has 0 aliphatic carbocycles. The van der Waals surface area contributed by atoms with Gasteiger partial charge < -0.3 is 14.8 Å². The maximum atomic E-state index is 13.8. The molecular formula is C18H23F3N2O4. The quantitative estimate of drug-likeness (QED) is 0.526. The third kappa shape index (κ3) is 5.43. The summed E-state index contributed by atoms with van der Waals surface area (Å²) in [6.45, 7) is 0.209. The lowest BCUT2D eigenvalue weighted by Crippen LogP contribution is -2.73. The van der Waals surface area contributed by atoms with Crippen LogP contribution >= 0.6 is 0 Å². The van der Waals surface area contributed by atoms with Gasteiger partial charge in [0.15, 0.2) is 0 Å². The standard InChI is InChI=1S/C18H23F3N2O4/c1-26-16(25)17(18(19,20)21,22-12-14-8-5-11-27-14)23-15(24)10-9-13-6-3-2-4-7-13/h2-4,6-7,14,22H,5,8-12H2,1H3,(H,23,24)/t14-,17+/m0/s1. The van der Waals surface area contributed by atoms with E-state index < -0.39 is 29.8 Å². The van der Waals surface area contributed by atoms with Crippen LogP contribution in [0.4, 0.5) is 13.2 Å². The fourth-order valence-corrected chi connectivity index (χ4v) is 2.85. The summed E-state index contributed by atoms with van der Waals surface area (Å²) in [5.41, 5.74) is -2.52. The molecule has 1 heterocycles. The van der Waals surface area contributed by atoms with Crippen molar-refractivity contribution in [2.45, 2.75) is 43.6 Å². The largest absolute Gasteiger partial charge is 0.466 e. The van der Waals surface area contributed by atoms with Crippen LogP contribution in [0.15, 0.2) is 30.3 Å². The van der Waals surface area contributed by atoms with E-state index >= 15 is 0 Å². The SMILES string of the molecule is COC(=O)[C@@](NC[C@@H]1CCCO1)(NC(=O)CCc1ccccc1)C(F)(F)F. The zero-order valence-corrected chi connectivity index (χ0v) is 15.0. The summed E-state index contributed by atoms with van der Waals surface area (Å²) in [5.74, 6) is -2.54. The van der Waals surface area contributed by atoms with Crippen LogP contribution in [-0.2, 0) is 25.5 Å². The number of aryl methyl sites for hydroxylation is 1. The molecule has 150 valence electrons. The highest BCUT2D eigenvalue weighted by Crippen LogP contribution is 2.30. The number of rotatable bonds is 8. The monoisotopic (exact) mass is 388 g/mol. The number of nitrogens with one attached hydrogen (secondary N) is 2. The predicted molar refractivity (Wildman–Crippen MR) is 90.7 cm³/mol. The van der Waals surface area contributed by atoms with Crippen molar-refractivity contribution in [2.75, 3.05) is 20.3 Å². The molecule has 9 heteroatoms. The number of carbonyl (C=O) groups excluding carboxylic acids is 2. The molecule has 1 aromatic rings. The van der Waals surface area contributed by atoms with E-state index in [1.807, 2.05) is 5.32 Å². The summed E-state index contributed by atoms with van der Waals surface area (Å²) >= 11 is 0. The van der Waals surface area contributed by atoms with E-state index in [1.165, 1.54) is 0 Å². The molecule has 0 spiro atoms. The normalized spacial score (nSPS) is 19.3. The Labute approximate surface area is 155 Å². The van der Waals surface area contributed by atoms with E-state index in [4.69, 9.17) is 4.74 Å². The highest BCUT2D eigenvalue weighted by atomic mass is 19.4. The van der Waals surface area contributed by atoms with Crippen molar-refractivity contribution in [1.29, 1.82) is 0 Å². The summed E-state index contributed by atoms with van der Waals surface area (Å²) in [5, 5.41) is 3.95. The minimum Gasteiger partial charge on any atom is -0.466 e. The van der Waals surface area contributed by atoms with Crippen molar-refractivity contribution in [3.05, 3.63) is 35.9 Å². The second kappa shape index (κ2) is 9.18. The van der Waals surface area contributed by atoms with Gasteiger partial charge in [0, 0.05) is 19.6 Å². The first kappa shape index (κ1) is 21.2. The molecule has 0 radical (unpaired) electrons. The van der Waals surface area contributed by atoms with Crippen LogP contribution < -0.4 is 10.6 Å². The van der Waals surface area contributed by atoms with Gasteiger partial charge in [0.05, 0.1) is 13.2 Å². The van der Waals surface area contributed by atoms with Gasteiger partial charge in [0.1, 0.15) is 0 Å². The van der Waals surface area contributed by atoms with Crippen LogP contribution in [0, 0.1) is 0 Å². The molecule has 1 saturated heterocycles. The van der Waals surface area contributed by atoms with E-state index in [-0.39, 0.29) is 19.4 Å². The molecule has 0 aromatic heterocycles. The molecule has 1 aromatic carbocycles. The first-order valence-electron chi connectivity index (χ1n) is 8.65. The molecule has 2 N–H and O–H groups in total. The van der Waals surface area contributed by atoms with E-state index in [1.54, 1.807) is 30.3 Å². The lowest BCUT2D eigenvalue weighted by atomic mass is 10.1. The third-order valence-corrected chi connectivity index (χ3v) is 4.35. The Bertz CT molecular complexity index is 633. The van der Waals surface area contributed by atoms with Crippen molar-refractivity contribution >= 4 is 11.9 Å². The van der Waals surface area contributed by atoms with Crippen LogP contribution in [0.25, 0.3) is 0 Å². The van der Waals surface area contributed by atoms with Gasteiger partial charge in [-0.05, 0) is 24.8 Å². The molecule has 0 saturated carbocycles. The number of hydrogen-bond acceptors (Lipinski definition) is 5. The summed E-state index contributed by atoms with van der Waals surface area (Å²) in [6.07, 6.45) is -4.22. The van der Waals surface area contributed by atoms with Gasteiger partial charge in [0.2, 0.25) is 5.91 Å². The average Bonchev–Trinajstić information content (AvgIpc) is 3.16. The molecule has 0 bridgehead atoms. The minimum absolute atomic E-state index is 0.208. The fraction of sp³-hybridized carbons (Fsp3) is 0.556. The number of esters is 1. The molecule has 0 unspecified atom stereocenters. The van der Waals surface area contributed by atoms with Crippen LogP contribution in [0.5, 0.6) is 0 Å². The van der Waals surface area contributed by atoms with Gasteiger partial charge in [-0.2, -0.15) is 13.2 Å². The number of carbonyl (C=O) groups is 2. The second-order valence-electron chi connectivity index (χ2n) is 6.29. The number of halogens is 3. The van der Waals surface area contributed by atoms with E-state index in [0.29, 0.717) is 13.0 Å². The fourth-order valence-electron chi connectivity index (χ4n) is 2.85. The Balaban J connectivity index is 2.11. The number of amides is 1. The van der Waals surface area contributed by atoms with Crippen LogP contribution in [-0.4, -0.2) is 50.1 Å². The summed E-state index contributed by atoms with van der Waals surface area (Å²) in [7, 11) is 0.840. The molecule has 1 fully saturated rings. The third-order valence-electron chi connectivity index (χ3n) is 4.35. The number of ether oxygens (including phenoxy) is 2. The lowest BCUT2D eigenvalue weighted by Gasteiger charge is -2.35.